The van der Waals surface area contributed by atoms with Crippen LogP contribution in [0.5, 0.6) is 0 Å². The number of nitrogens with one attached hydrogen (secondary N) is 1. The minimum Gasteiger partial charge on any atom is -0.354 e. The van der Waals surface area contributed by atoms with Gasteiger partial charge >= 0.3 is 0 Å². The van der Waals surface area contributed by atoms with E-state index in [9.17, 15) is 9.59 Å². The molecule has 0 heterocycles. The molecule has 3 aromatic rings. The predicted molar refractivity (Wildman–Crippen MR) is 155 cm³/mol. The minimum atomic E-state index is -0.691. The molecule has 0 radical (unpaired) electrons. The summed E-state index contributed by atoms with van der Waals surface area (Å²) in [6, 6.07) is 22.6. The Morgan fingerprint density at radius 3 is 2.27 bits per heavy atom. The Morgan fingerprint density at radius 2 is 1.62 bits per heavy atom. The van der Waals surface area contributed by atoms with Gasteiger partial charge in [-0.05, 0) is 43.2 Å². The Kier molecular flexibility index (Phi) is 11.8. The molecule has 0 fully saturated rings. The van der Waals surface area contributed by atoms with E-state index in [1.54, 1.807) is 34.9 Å². The van der Waals surface area contributed by atoms with Crippen molar-refractivity contribution >= 4 is 46.8 Å². The summed E-state index contributed by atoms with van der Waals surface area (Å²) in [5.74, 6) is 0.326. The number of thioether (sulfide) groups is 1. The lowest BCUT2D eigenvalue weighted by atomic mass is 10.0. The number of amides is 2. The summed E-state index contributed by atoms with van der Waals surface area (Å²) in [6.07, 6.45) is 2.53. The number of carbonyl (C=O) groups is 2. The van der Waals surface area contributed by atoms with Gasteiger partial charge in [0, 0.05) is 52.2 Å². The molecule has 0 aliphatic rings. The monoisotopic (exact) mass is 556 g/mol. The Morgan fingerprint density at radius 1 is 0.946 bits per heavy atom. The van der Waals surface area contributed by atoms with Gasteiger partial charge in [-0.3, -0.25) is 9.59 Å². The average molecular weight is 558 g/mol. The van der Waals surface area contributed by atoms with Crippen LogP contribution >= 0.6 is 35.0 Å². The van der Waals surface area contributed by atoms with Crippen LogP contribution in [-0.2, 0) is 22.6 Å². The molecule has 0 aromatic heterocycles. The van der Waals surface area contributed by atoms with E-state index in [1.807, 2.05) is 37.3 Å². The SMILES string of the molecule is CCCCNC(=O)[C@@H](Cc1ccccc1)N(Cc1c(Cl)cccc1Cl)C(=O)CCSc1ccc(C)cc1. The number of benzene rings is 3. The lowest BCUT2D eigenvalue weighted by molar-refractivity contribution is -0.141. The second kappa shape index (κ2) is 15.1. The van der Waals surface area contributed by atoms with E-state index < -0.39 is 6.04 Å². The first-order valence-electron chi connectivity index (χ1n) is 12.6. The molecule has 0 aliphatic heterocycles. The van der Waals surface area contributed by atoms with Crippen molar-refractivity contribution in [2.75, 3.05) is 12.3 Å². The van der Waals surface area contributed by atoms with Crippen LogP contribution in [0.3, 0.4) is 0 Å². The van der Waals surface area contributed by atoms with Crippen LogP contribution in [0.2, 0.25) is 10.0 Å². The zero-order valence-corrected chi connectivity index (χ0v) is 23.7. The van der Waals surface area contributed by atoms with E-state index >= 15 is 0 Å². The highest BCUT2D eigenvalue weighted by atomic mass is 35.5. The maximum atomic E-state index is 13.7. The molecule has 2 amide bonds. The third kappa shape index (κ3) is 9.10. The molecule has 0 bridgehead atoms. The van der Waals surface area contributed by atoms with Crippen LogP contribution in [0.25, 0.3) is 0 Å². The third-order valence-electron chi connectivity index (χ3n) is 6.10. The van der Waals surface area contributed by atoms with E-state index in [-0.39, 0.29) is 24.8 Å². The van der Waals surface area contributed by atoms with Gasteiger partial charge in [0.15, 0.2) is 0 Å². The molecule has 0 unspecified atom stereocenters. The van der Waals surface area contributed by atoms with Crippen molar-refractivity contribution in [1.29, 1.82) is 0 Å². The van der Waals surface area contributed by atoms with E-state index in [1.165, 1.54) is 5.56 Å². The number of unbranched alkanes of at least 4 members (excludes halogenated alkanes) is 1. The second-order valence-electron chi connectivity index (χ2n) is 8.98. The fraction of sp³-hybridized carbons (Fsp3) is 0.333. The summed E-state index contributed by atoms with van der Waals surface area (Å²) in [7, 11) is 0. The van der Waals surface area contributed by atoms with Crippen molar-refractivity contribution in [2.24, 2.45) is 0 Å². The van der Waals surface area contributed by atoms with Crippen molar-refractivity contribution in [3.8, 4) is 0 Å². The van der Waals surface area contributed by atoms with Crippen LogP contribution < -0.4 is 5.32 Å². The topological polar surface area (TPSA) is 49.4 Å². The highest BCUT2D eigenvalue weighted by Crippen LogP contribution is 2.28. The summed E-state index contributed by atoms with van der Waals surface area (Å²) in [5.41, 5.74) is 2.82. The van der Waals surface area contributed by atoms with E-state index in [2.05, 4.69) is 36.5 Å². The minimum absolute atomic E-state index is 0.109. The molecule has 0 aliphatic carbocycles. The molecule has 0 spiro atoms. The standard InChI is InChI=1S/C30H34Cl2N2O2S/c1-3-4-18-33-30(36)28(20-23-9-6-5-7-10-23)34(21-25-26(31)11-8-12-27(25)32)29(35)17-19-37-24-15-13-22(2)14-16-24/h5-16,28H,3-4,17-21H2,1-2H3,(H,33,36)/t28-/m1/s1. The molecule has 3 aromatic carbocycles. The maximum absolute atomic E-state index is 13.7. The molecule has 196 valence electrons. The highest BCUT2D eigenvalue weighted by molar-refractivity contribution is 7.99. The van der Waals surface area contributed by atoms with Crippen LogP contribution in [0.1, 0.15) is 42.9 Å². The number of halogens is 2. The Balaban J connectivity index is 1.87. The van der Waals surface area contributed by atoms with Gasteiger partial charge in [0.1, 0.15) is 6.04 Å². The number of rotatable bonds is 13. The third-order valence-corrected chi connectivity index (χ3v) is 7.82. The maximum Gasteiger partial charge on any atom is 0.243 e. The molecule has 0 saturated carbocycles. The van der Waals surface area contributed by atoms with Gasteiger partial charge in [-0.25, -0.2) is 0 Å². The number of hydrogen-bond acceptors (Lipinski definition) is 3. The lowest BCUT2D eigenvalue weighted by Crippen LogP contribution is -2.50. The summed E-state index contributed by atoms with van der Waals surface area (Å²) < 4.78 is 0. The van der Waals surface area contributed by atoms with Gasteiger partial charge < -0.3 is 10.2 Å². The zero-order valence-electron chi connectivity index (χ0n) is 21.4. The highest BCUT2D eigenvalue weighted by Gasteiger charge is 2.31. The van der Waals surface area contributed by atoms with Gasteiger partial charge in [-0.1, -0.05) is 90.6 Å². The predicted octanol–water partition coefficient (Wildman–Crippen LogP) is 7.34. The van der Waals surface area contributed by atoms with Crippen LogP contribution in [0.15, 0.2) is 77.7 Å². The fourth-order valence-corrected chi connectivity index (χ4v) is 5.31. The number of aryl methyl sites for hydroxylation is 1. The molecule has 3 rings (SSSR count). The van der Waals surface area contributed by atoms with Crippen molar-refractivity contribution in [2.45, 2.75) is 57.0 Å². The largest absolute Gasteiger partial charge is 0.354 e. The summed E-state index contributed by atoms with van der Waals surface area (Å²) >= 11 is 14.6. The molecule has 0 saturated heterocycles. The van der Waals surface area contributed by atoms with Crippen molar-refractivity contribution in [3.63, 3.8) is 0 Å². The van der Waals surface area contributed by atoms with Crippen molar-refractivity contribution in [1.82, 2.24) is 10.2 Å². The molecule has 1 atom stereocenters. The molecular formula is C30H34Cl2N2O2S. The van der Waals surface area contributed by atoms with Crippen molar-refractivity contribution < 1.29 is 9.59 Å². The molecular weight excluding hydrogens is 523 g/mol. The van der Waals surface area contributed by atoms with Crippen LogP contribution in [-0.4, -0.2) is 35.1 Å². The smallest absolute Gasteiger partial charge is 0.243 e. The number of carbonyl (C=O) groups excluding carboxylic acids is 2. The first-order chi connectivity index (χ1) is 17.9. The van der Waals surface area contributed by atoms with Gasteiger partial charge in [-0.15, -0.1) is 11.8 Å². The number of nitrogens with zero attached hydrogens (tertiary/aromatic N) is 1. The Bertz CT molecular complexity index is 1140. The Hall–Kier alpha value is -2.47. The van der Waals surface area contributed by atoms with Gasteiger partial charge in [0.05, 0.1) is 0 Å². The molecule has 37 heavy (non-hydrogen) atoms. The zero-order chi connectivity index (χ0) is 26.6. The quantitative estimate of drug-likeness (QED) is 0.177. The van der Waals surface area contributed by atoms with E-state index in [4.69, 9.17) is 23.2 Å². The van der Waals surface area contributed by atoms with E-state index in [0.717, 1.165) is 23.3 Å². The lowest BCUT2D eigenvalue weighted by Gasteiger charge is -2.32. The number of hydrogen-bond donors (Lipinski definition) is 1. The fourth-order valence-electron chi connectivity index (χ4n) is 3.95. The summed E-state index contributed by atoms with van der Waals surface area (Å²) in [4.78, 5) is 30.0. The molecule has 4 nitrogen and oxygen atoms in total. The van der Waals surface area contributed by atoms with Gasteiger partial charge in [0.2, 0.25) is 11.8 Å². The average Bonchev–Trinajstić information content (AvgIpc) is 2.89. The summed E-state index contributed by atoms with van der Waals surface area (Å²) in [6.45, 7) is 4.85. The first-order valence-corrected chi connectivity index (χ1v) is 14.4. The van der Waals surface area contributed by atoms with Crippen molar-refractivity contribution in [3.05, 3.63) is 99.5 Å². The first kappa shape index (κ1) is 29.1. The molecule has 7 heteroatoms. The molecule has 1 N–H and O–H groups in total. The van der Waals surface area contributed by atoms with E-state index in [0.29, 0.717) is 34.3 Å². The van der Waals surface area contributed by atoms with Gasteiger partial charge in [0.25, 0.3) is 0 Å². The Labute approximate surface area is 234 Å². The summed E-state index contributed by atoms with van der Waals surface area (Å²) in [5, 5.41) is 3.99. The normalized spacial score (nSPS) is 11.7. The second-order valence-corrected chi connectivity index (χ2v) is 11.0. The van der Waals surface area contributed by atoms with Gasteiger partial charge in [-0.2, -0.15) is 0 Å². The van der Waals surface area contributed by atoms with Crippen LogP contribution in [0, 0.1) is 6.92 Å². The van der Waals surface area contributed by atoms with Crippen LogP contribution in [0.4, 0.5) is 0 Å².